The zero-order valence-corrected chi connectivity index (χ0v) is 18.0. The Morgan fingerprint density at radius 1 is 1.11 bits per heavy atom. The van der Waals surface area contributed by atoms with Crippen LogP contribution in [0.1, 0.15) is 45.1 Å². The van der Waals surface area contributed by atoms with E-state index in [0.717, 1.165) is 31.7 Å². The van der Waals surface area contributed by atoms with Crippen LogP contribution >= 0.6 is 0 Å². The molecule has 1 aromatic rings. The van der Waals surface area contributed by atoms with Crippen LogP contribution in [-0.4, -0.2) is 68.7 Å². The number of aliphatic hydroxyl groups is 1. The minimum absolute atomic E-state index is 0.198. The molecule has 1 saturated heterocycles. The quantitative estimate of drug-likeness (QED) is 0.602. The van der Waals surface area contributed by atoms with Crippen molar-refractivity contribution in [3.05, 3.63) is 23.8 Å². The number of likely N-dealkylation sites (tertiary alicyclic amines) is 1. The summed E-state index contributed by atoms with van der Waals surface area (Å²) in [6.07, 6.45) is 4.53. The second-order valence-corrected chi connectivity index (χ2v) is 8.23. The normalized spacial score (nSPS) is 17.2. The lowest BCUT2D eigenvalue weighted by Crippen LogP contribution is -2.36. The van der Waals surface area contributed by atoms with E-state index in [1.54, 1.807) is 14.2 Å². The molecule has 1 heterocycles. The van der Waals surface area contributed by atoms with Crippen molar-refractivity contribution >= 4 is 0 Å². The van der Waals surface area contributed by atoms with Gasteiger partial charge in [0.1, 0.15) is 12.7 Å². The molecule has 1 aliphatic rings. The number of hydrogen-bond acceptors (Lipinski definition) is 6. The first kappa shape index (κ1) is 22.9. The van der Waals surface area contributed by atoms with Crippen LogP contribution in [0.2, 0.25) is 0 Å². The van der Waals surface area contributed by atoms with Crippen LogP contribution < -0.4 is 14.8 Å². The summed E-state index contributed by atoms with van der Waals surface area (Å²) in [5.74, 6) is 1.35. The van der Waals surface area contributed by atoms with Gasteiger partial charge in [-0.1, -0.05) is 18.9 Å². The second kappa shape index (κ2) is 11.6. The van der Waals surface area contributed by atoms with Crippen molar-refractivity contribution in [3.8, 4) is 11.5 Å². The highest BCUT2D eigenvalue weighted by Gasteiger charge is 2.17. The Bertz CT molecular complexity index is 572. The van der Waals surface area contributed by atoms with Gasteiger partial charge in [0.15, 0.2) is 11.5 Å². The Labute approximate surface area is 170 Å². The van der Waals surface area contributed by atoms with Gasteiger partial charge in [-0.05, 0) is 57.5 Å². The molecule has 0 aliphatic carbocycles. The van der Waals surface area contributed by atoms with E-state index in [1.807, 2.05) is 18.2 Å². The Morgan fingerprint density at radius 3 is 2.46 bits per heavy atom. The summed E-state index contributed by atoms with van der Waals surface area (Å²) < 4.78 is 16.8. The number of rotatable bonds is 11. The average Bonchev–Trinajstić information content (AvgIpc) is 2.95. The number of benzene rings is 1. The Hall–Kier alpha value is -1.34. The zero-order chi connectivity index (χ0) is 20.4. The zero-order valence-electron chi connectivity index (χ0n) is 18.0. The molecule has 2 N–H and O–H groups in total. The van der Waals surface area contributed by atoms with E-state index in [0.29, 0.717) is 18.0 Å². The van der Waals surface area contributed by atoms with Crippen molar-refractivity contribution in [2.45, 2.75) is 57.8 Å². The molecule has 0 aromatic heterocycles. The lowest BCUT2D eigenvalue weighted by molar-refractivity contribution is 0.0230. The Balaban J connectivity index is 1.82. The highest BCUT2D eigenvalue weighted by molar-refractivity contribution is 5.43. The van der Waals surface area contributed by atoms with Crippen LogP contribution in [0.4, 0.5) is 0 Å². The van der Waals surface area contributed by atoms with E-state index in [1.165, 1.54) is 25.7 Å². The average molecular weight is 395 g/mol. The number of nitrogens with one attached hydrogen (secondary N) is 1. The van der Waals surface area contributed by atoms with Gasteiger partial charge in [0.2, 0.25) is 0 Å². The van der Waals surface area contributed by atoms with Gasteiger partial charge in [-0.2, -0.15) is 0 Å². The van der Waals surface area contributed by atoms with E-state index in [9.17, 15) is 5.11 Å². The summed E-state index contributed by atoms with van der Waals surface area (Å²) >= 11 is 0. The van der Waals surface area contributed by atoms with Crippen molar-refractivity contribution in [1.29, 1.82) is 0 Å². The van der Waals surface area contributed by atoms with Gasteiger partial charge in [-0.15, -0.1) is 0 Å². The van der Waals surface area contributed by atoms with Gasteiger partial charge in [-0.25, -0.2) is 0 Å². The second-order valence-electron chi connectivity index (χ2n) is 8.23. The molecule has 0 spiro atoms. The molecule has 0 amide bonds. The molecule has 1 unspecified atom stereocenters. The standard InChI is InChI=1S/C22H38N2O4/c1-22(2,27-4)17-23-14-18-9-10-20(21(13-18)26-3)28-16-19(25)15-24-11-7-5-6-8-12-24/h9-10,13,19,23,25H,5-8,11-12,14-17H2,1-4H3. The van der Waals surface area contributed by atoms with Crippen molar-refractivity contribution in [2.75, 3.05) is 47.0 Å². The summed E-state index contributed by atoms with van der Waals surface area (Å²) in [6, 6.07) is 5.91. The first-order valence-corrected chi connectivity index (χ1v) is 10.4. The third kappa shape index (κ3) is 7.95. The lowest BCUT2D eigenvalue weighted by atomic mass is 10.1. The number of ether oxygens (including phenoxy) is 3. The maximum atomic E-state index is 10.4. The van der Waals surface area contributed by atoms with Crippen LogP contribution in [0.5, 0.6) is 11.5 Å². The van der Waals surface area contributed by atoms with Crippen LogP contribution in [-0.2, 0) is 11.3 Å². The number of hydrogen-bond donors (Lipinski definition) is 2. The largest absolute Gasteiger partial charge is 0.493 e. The van der Waals surface area contributed by atoms with Gasteiger partial charge in [0.25, 0.3) is 0 Å². The molecule has 2 rings (SSSR count). The molecule has 6 heteroatoms. The summed E-state index contributed by atoms with van der Waals surface area (Å²) in [5, 5.41) is 13.8. The minimum atomic E-state index is -0.500. The third-order valence-corrected chi connectivity index (χ3v) is 5.26. The molecule has 1 atom stereocenters. The van der Waals surface area contributed by atoms with Crippen LogP contribution in [0.3, 0.4) is 0 Å². The molecular weight excluding hydrogens is 356 g/mol. The number of methoxy groups -OCH3 is 2. The van der Waals surface area contributed by atoms with Gasteiger partial charge in [0.05, 0.1) is 12.7 Å². The first-order valence-electron chi connectivity index (χ1n) is 10.4. The summed E-state index contributed by atoms with van der Waals surface area (Å²) in [4.78, 5) is 2.34. The highest BCUT2D eigenvalue weighted by atomic mass is 16.5. The predicted molar refractivity (Wildman–Crippen MR) is 112 cm³/mol. The monoisotopic (exact) mass is 394 g/mol. The van der Waals surface area contributed by atoms with Gasteiger partial charge in [-0.3, -0.25) is 0 Å². The van der Waals surface area contributed by atoms with Crippen LogP contribution in [0.15, 0.2) is 18.2 Å². The fourth-order valence-electron chi connectivity index (χ4n) is 3.38. The molecule has 28 heavy (non-hydrogen) atoms. The topological polar surface area (TPSA) is 63.2 Å². The predicted octanol–water partition coefficient (Wildman–Crippen LogP) is 2.83. The summed E-state index contributed by atoms with van der Waals surface area (Å²) in [7, 11) is 3.36. The maximum Gasteiger partial charge on any atom is 0.161 e. The van der Waals surface area contributed by atoms with E-state index in [2.05, 4.69) is 24.1 Å². The molecule has 1 fully saturated rings. The van der Waals surface area contributed by atoms with Gasteiger partial charge < -0.3 is 29.5 Å². The number of β-amino-alcohol motifs (C(OH)–C–C–N with tert-alkyl or cyclic N) is 1. The fraction of sp³-hybridized carbons (Fsp3) is 0.727. The van der Waals surface area contributed by atoms with Crippen molar-refractivity contribution < 1.29 is 19.3 Å². The van der Waals surface area contributed by atoms with Crippen molar-refractivity contribution in [3.63, 3.8) is 0 Å². The highest BCUT2D eigenvalue weighted by Crippen LogP contribution is 2.28. The Morgan fingerprint density at radius 2 is 1.82 bits per heavy atom. The van der Waals surface area contributed by atoms with Gasteiger partial charge in [0, 0.05) is 26.7 Å². The van der Waals surface area contributed by atoms with Crippen LogP contribution in [0.25, 0.3) is 0 Å². The number of nitrogens with zero attached hydrogens (tertiary/aromatic N) is 1. The van der Waals surface area contributed by atoms with E-state index < -0.39 is 6.10 Å². The summed E-state index contributed by atoms with van der Waals surface area (Å²) in [6.45, 7) is 8.66. The maximum absolute atomic E-state index is 10.4. The van der Waals surface area contributed by atoms with E-state index in [4.69, 9.17) is 14.2 Å². The van der Waals surface area contributed by atoms with Crippen LogP contribution in [0, 0.1) is 0 Å². The molecule has 6 nitrogen and oxygen atoms in total. The Kier molecular flexibility index (Phi) is 9.51. The molecule has 0 saturated carbocycles. The van der Waals surface area contributed by atoms with Crippen molar-refractivity contribution in [1.82, 2.24) is 10.2 Å². The smallest absolute Gasteiger partial charge is 0.161 e. The SMILES string of the molecule is COc1cc(CNCC(C)(C)OC)ccc1OCC(O)CN1CCCCCC1. The van der Waals surface area contributed by atoms with E-state index >= 15 is 0 Å². The first-order chi connectivity index (χ1) is 13.4. The van der Waals surface area contributed by atoms with Crippen molar-refractivity contribution in [2.24, 2.45) is 0 Å². The molecular formula is C22H38N2O4. The minimum Gasteiger partial charge on any atom is -0.493 e. The van der Waals surface area contributed by atoms with E-state index in [-0.39, 0.29) is 12.2 Å². The third-order valence-electron chi connectivity index (χ3n) is 5.26. The molecule has 0 radical (unpaired) electrons. The lowest BCUT2D eigenvalue weighted by Gasteiger charge is -2.24. The molecule has 160 valence electrons. The summed E-state index contributed by atoms with van der Waals surface area (Å²) in [5.41, 5.74) is 0.914. The van der Waals surface area contributed by atoms with Gasteiger partial charge >= 0.3 is 0 Å². The molecule has 1 aromatic carbocycles. The molecule has 1 aliphatic heterocycles. The number of aliphatic hydroxyl groups excluding tert-OH is 1. The fourth-order valence-corrected chi connectivity index (χ4v) is 3.38. The molecule has 0 bridgehead atoms.